The highest BCUT2D eigenvalue weighted by atomic mass is 35.5. The molecular formula is C22H18ClN5OS. The van der Waals surface area contributed by atoms with Gasteiger partial charge in [-0.1, -0.05) is 41.9 Å². The molecule has 0 radical (unpaired) electrons. The van der Waals surface area contributed by atoms with Crippen LogP contribution in [0.1, 0.15) is 11.3 Å². The molecule has 2 aromatic heterocycles. The molecule has 30 heavy (non-hydrogen) atoms. The molecule has 0 atom stereocenters. The van der Waals surface area contributed by atoms with Gasteiger partial charge in [0.05, 0.1) is 24.7 Å². The summed E-state index contributed by atoms with van der Waals surface area (Å²) >= 11 is 11.3. The summed E-state index contributed by atoms with van der Waals surface area (Å²) in [7, 11) is 0. The molecule has 4 aromatic rings. The number of hydrogen-bond donors (Lipinski definition) is 2. The Hall–Kier alpha value is -3.42. The predicted octanol–water partition coefficient (Wildman–Crippen LogP) is 4.78. The lowest BCUT2D eigenvalue weighted by atomic mass is 10.1. The molecule has 6 nitrogen and oxygen atoms in total. The molecule has 0 saturated carbocycles. The van der Waals surface area contributed by atoms with Crippen molar-refractivity contribution < 1.29 is 4.42 Å². The van der Waals surface area contributed by atoms with E-state index in [9.17, 15) is 0 Å². The van der Waals surface area contributed by atoms with Crippen molar-refractivity contribution in [2.75, 3.05) is 0 Å². The molecule has 0 unspecified atom stereocenters. The van der Waals surface area contributed by atoms with Gasteiger partial charge in [0.25, 0.3) is 0 Å². The molecular weight excluding hydrogens is 418 g/mol. The van der Waals surface area contributed by atoms with E-state index < -0.39 is 0 Å². The van der Waals surface area contributed by atoms with Gasteiger partial charge in [0.2, 0.25) is 0 Å². The molecule has 0 amide bonds. The van der Waals surface area contributed by atoms with E-state index in [0.717, 1.165) is 28.3 Å². The third-order valence-electron chi connectivity index (χ3n) is 4.25. The van der Waals surface area contributed by atoms with Crippen LogP contribution in [0.5, 0.6) is 0 Å². The fraction of sp³-hybridized carbons (Fsp3) is 0.0455. The summed E-state index contributed by atoms with van der Waals surface area (Å²) in [5, 5.41) is 13.1. The molecule has 0 aliphatic rings. The topological polar surface area (TPSA) is 67.4 Å². The first-order valence-electron chi connectivity index (χ1n) is 9.19. The van der Waals surface area contributed by atoms with E-state index in [-0.39, 0.29) is 0 Å². The van der Waals surface area contributed by atoms with Gasteiger partial charge in [-0.25, -0.2) is 4.68 Å². The zero-order valence-electron chi connectivity index (χ0n) is 15.8. The van der Waals surface area contributed by atoms with Gasteiger partial charge in [-0.15, -0.1) is 0 Å². The Kier molecular flexibility index (Phi) is 6.22. The van der Waals surface area contributed by atoms with Gasteiger partial charge < -0.3 is 9.73 Å². The van der Waals surface area contributed by atoms with Gasteiger partial charge in [0.15, 0.2) is 5.11 Å². The molecule has 2 heterocycles. The van der Waals surface area contributed by atoms with Crippen LogP contribution in [0.4, 0.5) is 0 Å². The zero-order chi connectivity index (χ0) is 20.8. The molecule has 0 aliphatic heterocycles. The lowest BCUT2D eigenvalue weighted by Gasteiger charge is -2.04. The summed E-state index contributed by atoms with van der Waals surface area (Å²) in [6.45, 7) is 0.482. The summed E-state index contributed by atoms with van der Waals surface area (Å²) in [6, 6.07) is 21.1. The van der Waals surface area contributed by atoms with Crippen LogP contribution in [0.15, 0.2) is 88.7 Å². The fourth-order valence-corrected chi connectivity index (χ4v) is 3.06. The fourth-order valence-electron chi connectivity index (χ4n) is 2.81. The summed E-state index contributed by atoms with van der Waals surface area (Å²) in [6.07, 6.45) is 5.23. The van der Waals surface area contributed by atoms with E-state index in [1.54, 1.807) is 12.5 Å². The Labute approximate surface area is 184 Å². The van der Waals surface area contributed by atoms with Crippen LogP contribution in [0.25, 0.3) is 16.9 Å². The van der Waals surface area contributed by atoms with E-state index in [2.05, 4.69) is 15.8 Å². The SMILES string of the molecule is S=C(NCc1ccco1)NN=Cc1cn(-c2ccccc2)nc1-c1ccc(Cl)cc1. The number of rotatable bonds is 6. The Morgan fingerprint density at radius 3 is 2.63 bits per heavy atom. The molecule has 0 spiro atoms. The second-order valence-corrected chi connectivity index (χ2v) is 7.20. The van der Waals surface area contributed by atoms with E-state index in [1.807, 2.05) is 77.6 Å². The number of para-hydroxylation sites is 1. The minimum absolute atomic E-state index is 0.395. The summed E-state index contributed by atoms with van der Waals surface area (Å²) in [5.41, 5.74) is 6.34. The lowest BCUT2D eigenvalue weighted by Crippen LogP contribution is -2.31. The molecule has 150 valence electrons. The van der Waals surface area contributed by atoms with Gasteiger partial charge in [-0.05, 0) is 48.6 Å². The van der Waals surface area contributed by atoms with Crippen molar-refractivity contribution in [2.45, 2.75) is 6.54 Å². The predicted molar refractivity (Wildman–Crippen MR) is 123 cm³/mol. The van der Waals surface area contributed by atoms with Gasteiger partial charge >= 0.3 is 0 Å². The number of thiocarbonyl (C=S) groups is 1. The van der Waals surface area contributed by atoms with Crippen molar-refractivity contribution in [1.82, 2.24) is 20.5 Å². The second-order valence-electron chi connectivity index (χ2n) is 6.35. The average molecular weight is 436 g/mol. The van der Waals surface area contributed by atoms with Crippen LogP contribution in [0.2, 0.25) is 5.02 Å². The van der Waals surface area contributed by atoms with Crippen LogP contribution >= 0.6 is 23.8 Å². The lowest BCUT2D eigenvalue weighted by molar-refractivity contribution is 0.502. The average Bonchev–Trinajstić information content (AvgIpc) is 3.44. The van der Waals surface area contributed by atoms with Crippen molar-refractivity contribution in [3.63, 3.8) is 0 Å². The molecule has 0 fully saturated rings. The van der Waals surface area contributed by atoms with E-state index in [1.165, 1.54) is 0 Å². The third kappa shape index (κ3) is 4.94. The Morgan fingerprint density at radius 1 is 1.10 bits per heavy atom. The quantitative estimate of drug-likeness (QED) is 0.259. The van der Waals surface area contributed by atoms with Gasteiger partial charge in [0.1, 0.15) is 11.5 Å². The Morgan fingerprint density at radius 2 is 1.90 bits per heavy atom. The van der Waals surface area contributed by atoms with Gasteiger partial charge in [0, 0.05) is 22.3 Å². The van der Waals surface area contributed by atoms with E-state index in [0.29, 0.717) is 16.7 Å². The highest BCUT2D eigenvalue weighted by Crippen LogP contribution is 2.24. The maximum absolute atomic E-state index is 6.04. The number of aromatic nitrogens is 2. The van der Waals surface area contributed by atoms with Crippen LogP contribution < -0.4 is 10.7 Å². The second kappa shape index (κ2) is 9.39. The summed E-state index contributed by atoms with van der Waals surface area (Å²) in [4.78, 5) is 0. The first-order chi connectivity index (χ1) is 14.7. The first-order valence-corrected chi connectivity index (χ1v) is 9.98. The van der Waals surface area contributed by atoms with Crippen LogP contribution in [-0.4, -0.2) is 21.1 Å². The van der Waals surface area contributed by atoms with Crippen molar-refractivity contribution in [3.8, 4) is 16.9 Å². The molecule has 4 rings (SSSR count). The van der Waals surface area contributed by atoms with Gasteiger partial charge in [-0.3, -0.25) is 5.43 Å². The van der Waals surface area contributed by atoms with Crippen molar-refractivity contribution in [3.05, 3.63) is 95.5 Å². The highest BCUT2D eigenvalue weighted by Gasteiger charge is 2.11. The van der Waals surface area contributed by atoms with Crippen molar-refractivity contribution in [2.24, 2.45) is 5.10 Å². The summed E-state index contributed by atoms with van der Waals surface area (Å²) in [5.74, 6) is 0.789. The molecule has 2 N–H and O–H groups in total. The standard InChI is InChI=1S/C22H18ClN5OS/c23-18-10-8-16(9-11-18)21-17(15-28(27-21)19-5-2-1-3-6-19)13-25-26-22(30)24-14-20-7-4-12-29-20/h1-13,15H,14H2,(H2,24,26,30). The number of hydrogen-bond acceptors (Lipinski definition) is 4. The largest absolute Gasteiger partial charge is 0.467 e. The van der Waals surface area contributed by atoms with E-state index >= 15 is 0 Å². The number of nitrogens with zero attached hydrogens (tertiary/aromatic N) is 3. The Bertz CT molecular complexity index is 1140. The van der Waals surface area contributed by atoms with E-state index in [4.69, 9.17) is 33.3 Å². The maximum Gasteiger partial charge on any atom is 0.187 e. The van der Waals surface area contributed by atoms with Gasteiger partial charge in [-0.2, -0.15) is 10.2 Å². The van der Waals surface area contributed by atoms with Crippen LogP contribution in [0, 0.1) is 0 Å². The monoisotopic (exact) mass is 435 g/mol. The first kappa shape index (κ1) is 19.9. The maximum atomic E-state index is 6.04. The number of furan rings is 1. The number of halogens is 1. The Balaban J connectivity index is 1.53. The minimum atomic E-state index is 0.395. The normalized spacial score (nSPS) is 11.0. The number of hydrazone groups is 1. The third-order valence-corrected chi connectivity index (χ3v) is 4.74. The van der Waals surface area contributed by atoms with Crippen molar-refractivity contribution >= 4 is 35.1 Å². The van der Waals surface area contributed by atoms with Crippen LogP contribution in [0.3, 0.4) is 0 Å². The number of benzene rings is 2. The minimum Gasteiger partial charge on any atom is -0.467 e. The zero-order valence-corrected chi connectivity index (χ0v) is 17.4. The molecule has 0 saturated heterocycles. The molecule has 2 aromatic carbocycles. The molecule has 0 aliphatic carbocycles. The highest BCUT2D eigenvalue weighted by molar-refractivity contribution is 7.80. The van der Waals surface area contributed by atoms with Crippen molar-refractivity contribution in [1.29, 1.82) is 0 Å². The molecule has 8 heteroatoms. The van der Waals surface area contributed by atoms with Crippen LogP contribution in [-0.2, 0) is 6.54 Å². The summed E-state index contributed by atoms with van der Waals surface area (Å²) < 4.78 is 7.09. The molecule has 0 bridgehead atoms. The number of nitrogens with one attached hydrogen (secondary N) is 2. The smallest absolute Gasteiger partial charge is 0.187 e.